The number of thiol groups is 1. The summed E-state index contributed by atoms with van der Waals surface area (Å²) in [5.41, 5.74) is 5.68. The van der Waals surface area contributed by atoms with Crippen molar-refractivity contribution in [2.75, 3.05) is 18.8 Å². The molecule has 0 aromatic rings. The van der Waals surface area contributed by atoms with Gasteiger partial charge in [0.15, 0.2) is 0 Å². The topological polar surface area (TPSA) is 46.3 Å². The Labute approximate surface area is 72.3 Å². The average Bonchev–Trinajstić information content (AvgIpc) is 2.05. The third kappa shape index (κ3) is 2.38. The van der Waals surface area contributed by atoms with Crippen LogP contribution in [0.3, 0.4) is 0 Å². The standard InChI is InChI=1S/C7H14N2OS/c8-6-1-3-9(4-2-6)7(10)5-11/h6,11H,1-5,8H2. The van der Waals surface area contributed by atoms with Gasteiger partial charge < -0.3 is 10.6 Å². The van der Waals surface area contributed by atoms with Crippen LogP contribution in [0.4, 0.5) is 0 Å². The lowest BCUT2D eigenvalue weighted by Crippen LogP contribution is -2.43. The van der Waals surface area contributed by atoms with Crippen LogP contribution >= 0.6 is 12.6 Å². The molecule has 1 rings (SSSR count). The third-order valence-electron chi connectivity index (χ3n) is 2.03. The minimum absolute atomic E-state index is 0.125. The van der Waals surface area contributed by atoms with Gasteiger partial charge in [-0.15, -0.1) is 0 Å². The van der Waals surface area contributed by atoms with Gasteiger partial charge in [-0.1, -0.05) is 0 Å². The normalized spacial score (nSPS) is 20.4. The van der Waals surface area contributed by atoms with E-state index in [9.17, 15) is 4.79 Å². The lowest BCUT2D eigenvalue weighted by atomic mass is 10.1. The molecule has 4 heteroatoms. The highest BCUT2D eigenvalue weighted by Gasteiger charge is 2.18. The van der Waals surface area contributed by atoms with Gasteiger partial charge in [-0.25, -0.2) is 0 Å². The molecule has 1 aliphatic heterocycles. The molecule has 0 aromatic heterocycles. The van der Waals surface area contributed by atoms with Crippen molar-refractivity contribution in [3.8, 4) is 0 Å². The van der Waals surface area contributed by atoms with E-state index in [0.29, 0.717) is 11.8 Å². The van der Waals surface area contributed by atoms with Crippen molar-refractivity contribution in [2.24, 2.45) is 5.73 Å². The van der Waals surface area contributed by atoms with Gasteiger partial charge in [-0.3, -0.25) is 4.79 Å². The monoisotopic (exact) mass is 174 g/mol. The first-order valence-electron chi connectivity index (χ1n) is 3.88. The van der Waals surface area contributed by atoms with E-state index in [2.05, 4.69) is 12.6 Å². The van der Waals surface area contributed by atoms with Gasteiger partial charge in [-0.05, 0) is 12.8 Å². The first-order valence-corrected chi connectivity index (χ1v) is 4.51. The summed E-state index contributed by atoms with van der Waals surface area (Å²) in [6.45, 7) is 1.61. The number of hydrogen-bond donors (Lipinski definition) is 2. The number of carbonyl (C=O) groups is 1. The zero-order chi connectivity index (χ0) is 8.27. The quantitative estimate of drug-likeness (QED) is 0.544. The summed E-state index contributed by atoms with van der Waals surface area (Å²) in [6, 6.07) is 0.291. The number of likely N-dealkylation sites (tertiary alicyclic amines) is 1. The second kappa shape index (κ2) is 3.97. The number of hydrogen-bond acceptors (Lipinski definition) is 3. The Morgan fingerprint density at radius 1 is 1.55 bits per heavy atom. The van der Waals surface area contributed by atoms with E-state index in [4.69, 9.17) is 5.73 Å². The average molecular weight is 174 g/mol. The van der Waals surface area contributed by atoms with Crippen molar-refractivity contribution in [1.82, 2.24) is 4.90 Å². The van der Waals surface area contributed by atoms with E-state index in [-0.39, 0.29) is 5.91 Å². The van der Waals surface area contributed by atoms with Crippen molar-refractivity contribution in [3.05, 3.63) is 0 Å². The smallest absolute Gasteiger partial charge is 0.232 e. The van der Waals surface area contributed by atoms with Crippen molar-refractivity contribution in [1.29, 1.82) is 0 Å². The number of nitrogens with zero attached hydrogens (tertiary/aromatic N) is 1. The molecule has 11 heavy (non-hydrogen) atoms. The van der Waals surface area contributed by atoms with Gasteiger partial charge in [0.2, 0.25) is 5.91 Å². The summed E-state index contributed by atoms with van der Waals surface area (Å²) in [5.74, 6) is 0.440. The molecule has 0 spiro atoms. The maximum absolute atomic E-state index is 11.1. The van der Waals surface area contributed by atoms with E-state index in [0.717, 1.165) is 25.9 Å². The minimum Gasteiger partial charge on any atom is -0.342 e. The van der Waals surface area contributed by atoms with Crippen LogP contribution in [0.5, 0.6) is 0 Å². The SMILES string of the molecule is NC1CCN(C(=O)CS)CC1. The molecule has 1 aliphatic rings. The molecule has 1 heterocycles. The highest BCUT2D eigenvalue weighted by atomic mass is 32.1. The van der Waals surface area contributed by atoms with Gasteiger partial charge >= 0.3 is 0 Å². The van der Waals surface area contributed by atoms with E-state index < -0.39 is 0 Å². The lowest BCUT2D eigenvalue weighted by molar-refractivity contribution is -0.129. The summed E-state index contributed by atoms with van der Waals surface area (Å²) >= 11 is 3.93. The fraction of sp³-hybridized carbons (Fsp3) is 0.857. The van der Waals surface area contributed by atoms with Crippen LogP contribution in [0.15, 0.2) is 0 Å². The van der Waals surface area contributed by atoms with Gasteiger partial charge in [-0.2, -0.15) is 12.6 Å². The van der Waals surface area contributed by atoms with Crippen LogP contribution in [0, 0.1) is 0 Å². The predicted octanol–water partition coefficient (Wildman–Crippen LogP) is -0.134. The lowest BCUT2D eigenvalue weighted by Gasteiger charge is -2.29. The highest BCUT2D eigenvalue weighted by Crippen LogP contribution is 2.08. The van der Waals surface area contributed by atoms with Gasteiger partial charge in [0.05, 0.1) is 5.75 Å². The zero-order valence-corrected chi connectivity index (χ0v) is 7.39. The van der Waals surface area contributed by atoms with Crippen LogP contribution in [0.1, 0.15) is 12.8 Å². The second-order valence-corrected chi connectivity index (χ2v) is 3.19. The number of carbonyl (C=O) groups excluding carboxylic acids is 1. The number of rotatable bonds is 1. The largest absolute Gasteiger partial charge is 0.342 e. The van der Waals surface area contributed by atoms with Gasteiger partial charge in [0, 0.05) is 19.1 Å². The molecule has 2 N–H and O–H groups in total. The summed E-state index contributed by atoms with van der Waals surface area (Å²) in [5, 5.41) is 0. The first-order chi connectivity index (χ1) is 5.24. The molecule has 0 atom stereocenters. The predicted molar refractivity (Wildman–Crippen MR) is 47.6 cm³/mol. The molecule has 0 aliphatic carbocycles. The van der Waals surface area contributed by atoms with Crippen LogP contribution in [0.25, 0.3) is 0 Å². The Morgan fingerprint density at radius 2 is 2.09 bits per heavy atom. The Hall–Kier alpha value is -0.220. The molecule has 3 nitrogen and oxygen atoms in total. The first kappa shape index (κ1) is 8.87. The van der Waals surface area contributed by atoms with Crippen LogP contribution in [0.2, 0.25) is 0 Å². The summed E-state index contributed by atoms with van der Waals surface area (Å²) < 4.78 is 0. The molecule has 0 saturated carbocycles. The van der Waals surface area contributed by atoms with Crippen LogP contribution < -0.4 is 5.73 Å². The zero-order valence-electron chi connectivity index (χ0n) is 6.49. The fourth-order valence-corrected chi connectivity index (χ4v) is 1.45. The molecule has 0 radical (unpaired) electrons. The van der Waals surface area contributed by atoms with E-state index in [1.807, 2.05) is 4.90 Å². The number of amides is 1. The summed E-state index contributed by atoms with van der Waals surface area (Å²) in [7, 11) is 0. The Morgan fingerprint density at radius 3 is 2.55 bits per heavy atom. The van der Waals surface area contributed by atoms with Crippen LogP contribution in [-0.2, 0) is 4.79 Å². The maximum Gasteiger partial charge on any atom is 0.232 e. The van der Waals surface area contributed by atoms with Crippen molar-refractivity contribution in [3.63, 3.8) is 0 Å². The molecule has 0 aromatic carbocycles. The second-order valence-electron chi connectivity index (χ2n) is 2.88. The van der Waals surface area contributed by atoms with E-state index in [1.54, 1.807) is 0 Å². The molecular formula is C7H14N2OS. The number of piperidine rings is 1. The molecule has 0 unspecified atom stereocenters. The minimum atomic E-state index is 0.125. The Balaban J connectivity index is 2.33. The Bertz CT molecular complexity index is 143. The molecular weight excluding hydrogens is 160 g/mol. The molecule has 64 valence electrons. The van der Waals surface area contributed by atoms with Crippen molar-refractivity contribution in [2.45, 2.75) is 18.9 Å². The van der Waals surface area contributed by atoms with Crippen molar-refractivity contribution < 1.29 is 4.79 Å². The Kier molecular flexibility index (Phi) is 3.20. The molecule has 0 bridgehead atoms. The highest BCUT2D eigenvalue weighted by molar-refractivity contribution is 7.81. The van der Waals surface area contributed by atoms with Crippen LogP contribution in [-0.4, -0.2) is 35.7 Å². The molecule has 1 fully saturated rings. The van der Waals surface area contributed by atoms with Gasteiger partial charge in [0.25, 0.3) is 0 Å². The van der Waals surface area contributed by atoms with E-state index in [1.165, 1.54) is 0 Å². The van der Waals surface area contributed by atoms with E-state index >= 15 is 0 Å². The summed E-state index contributed by atoms with van der Waals surface area (Å²) in [6.07, 6.45) is 1.86. The van der Waals surface area contributed by atoms with Gasteiger partial charge in [0.1, 0.15) is 0 Å². The molecule has 1 saturated heterocycles. The number of nitrogens with two attached hydrogens (primary N) is 1. The fourth-order valence-electron chi connectivity index (χ4n) is 1.25. The maximum atomic E-state index is 11.1. The van der Waals surface area contributed by atoms with Crippen molar-refractivity contribution >= 4 is 18.5 Å². The summed E-state index contributed by atoms with van der Waals surface area (Å²) in [4.78, 5) is 12.9. The third-order valence-corrected chi connectivity index (χ3v) is 2.30. The molecule has 1 amide bonds.